The highest BCUT2D eigenvalue weighted by Crippen LogP contribution is 2.08. The zero-order valence-corrected chi connectivity index (χ0v) is 13.3. The number of aromatic nitrogens is 2. The molecule has 0 bridgehead atoms. The standard InChI is InChI=1S/C11H16ClN3O5S/c1-4-11(2,3)14-8(16)6-15-5-7(21(12,19)20)9(17)13-10(15)18/h5H,4,6H2,1-3H3,(H,14,16)(H,13,17,18). The fourth-order valence-electron chi connectivity index (χ4n) is 1.44. The van der Waals surface area contributed by atoms with Crippen molar-refractivity contribution in [3.63, 3.8) is 0 Å². The normalized spacial score (nSPS) is 12.2. The molecule has 0 atom stereocenters. The van der Waals surface area contributed by atoms with Gasteiger partial charge in [-0.25, -0.2) is 13.2 Å². The number of nitrogens with one attached hydrogen (secondary N) is 2. The number of nitrogens with zero attached hydrogens (tertiary/aromatic N) is 1. The summed E-state index contributed by atoms with van der Waals surface area (Å²) in [5.74, 6) is -0.492. The number of halogens is 1. The number of carbonyl (C=O) groups excluding carboxylic acids is 1. The van der Waals surface area contributed by atoms with E-state index in [1.807, 2.05) is 6.92 Å². The smallest absolute Gasteiger partial charge is 0.328 e. The molecule has 118 valence electrons. The molecule has 0 unspecified atom stereocenters. The van der Waals surface area contributed by atoms with Crippen LogP contribution < -0.4 is 16.6 Å². The second-order valence-corrected chi connectivity index (χ2v) is 7.64. The van der Waals surface area contributed by atoms with Crippen molar-refractivity contribution in [3.8, 4) is 0 Å². The average molecular weight is 338 g/mol. The van der Waals surface area contributed by atoms with Crippen LogP contribution in [0.5, 0.6) is 0 Å². The van der Waals surface area contributed by atoms with Gasteiger partial charge in [0.25, 0.3) is 14.6 Å². The van der Waals surface area contributed by atoms with E-state index in [2.05, 4.69) is 5.32 Å². The summed E-state index contributed by atoms with van der Waals surface area (Å²) in [4.78, 5) is 35.8. The average Bonchev–Trinajstić information content (AvgIpc) is 2.30. The lowest BCUT2D eigenvalue weighted by Crippen LogP contribution is -2.46. The zero-order valence-electron chi connectivity index (χ0n) is 11.8. The van der Waals surface area contributed by atoms with E-state index in [-0.39, 0.29) is 0 Å². The van der Waals surface area contributed by atoms with Gasteiger partial charge >= 0.3 is 5.69 Å². The topological polar surface area (TPSA) is 118 Å². The van der Waals surface area contributed by atoms with E-state index in [4.69, 9.17) is 10.7 Å². The summed E-state index contributed by atoms with van der Waals surface area (Å²) < 4.78 is 23.2. The quantitative estimate of drug-likeness (QED) is 0.719. The molecule has 1 aromatic heterocycles. The zero-order chi connectivity index (χ0) is 16.4. The molecular weight excluding hydrogens is 322 g/mol. The Balaban J connectivity index is 3.13. The van der Waals surface area contributed by atoms with Crippen molar-refractivity contribution in [1.29, 1.82) is 0 Å². The van der Waals surface area contributed by atoms with Gasteiger partial charge in [-0.1, -0.05) is 6.92 Å². The number of aromatic amines is 1. The molecule has 10 heteroatoms. The molecule has 0 spiro atoms. The van der Waals surface area contributed by atoms with Crippen molar-refractivity contribution in [1.82, 2.24) is 14.9 Å². The fourth-order valence-corrected chi connectivity index (χ4v) is 2.30. The van der Waals surface area contributed by atoms with Crippen LogP contribution in [0.3, 0.4) is 0 Å². The lowest BCUT2D eigenvalue weighted by atomic mass is 10.0. The molecule has 0 aliphatic rings. The molecule has 1 amide bonds. The first-order valence-corrected chi connectivity index (χ1v) is 8.36. The molecule has 2 N–H and O–H groups in total. The molecule has 1 rings (SSSR count). The van der Waals surface area contributed by atoms with Crippen LogP contribution in [0, 0.1) is 0 Å². The van der Waals surface area contributed by atoms with Gasteiger partial charge in [-0.15, -0.1) is 0 Å². The Morgan fingerprint density at radius 3 is 2.48 bits per heavy atom. The number of amides is 1. The van der Waals surface area contributed by atoms with Crippen LogP contribution in [-0.4, -0.2) is 29.4 Å². The molecule has 0 aliphatic heterocycles. The lowest BCUT2D eigenvalue weighted by Gasteiger charge is -2.24. The highest BCUT2D eigenvalue weighted by Gasteiger charge is 2.21. The second-order valence-electron chi connectivity index (χ2n) is 5.10. The Bertz CT molecular complexity index is 763. The van der Waals surface area contributed by atoms with Crippen molar-refractivity contribution >= 4 is 25.6 Å². The Labute approximate surface area is 125 Å². The first kappa shape index (κ1) is 17.4. The SMILES string of the molecule is CCC(C)(C)NC(=O)Cn1cc(S(=O)(=O)Cl)c(=O)[nH]c1=O. The molecule has 1 aromatic rings. The van der Waals surface area contributed by atoms with Crippen LogP contribution in [0.4, 0.5) is 0 Å². The van der Waals surface area contributed by atoms with Crippen LogP contribution >= 0.6 is 10.7 Å². The third-order valence-electron chi connectivity index (χ3n) is 2.92. The van der Waals surface area contributed by atoms with Crippen molar-refractivity contribution in [2.75, 3.05) is 0 Å². The van der Waals surface area contributed by atoms with Crippen LogP contribution in [0.15, 0.2) is 20.7 Å². The Morgan fingerprint density at radius 1 is 1.43 bits per heavy atom. The number of H-pyrrole nitrogens is 1. The van der Waals surface area contributed by atoms with E-state index in [9.17, 15) is 22.8 Å². The Kier molecular flexibility index (Phi) is 5.00. The van der Waals surface area contributed by atoms with Crippen molar-refractivity contribution < 1.29 is 13.2 Å². The van der Waals surface area contributed by atoms with E-state index in [1.165, 1.54) is 0 Å². The minimum Gasteiger partial charge on any atom is -0.350 e. The van der Waals surface area contributed by atoms with Gasteiger partial charge in [-0.3, -0.25) is 19.1 Å². The Morgan fingerprint density at radius 2 is 2.00 bits per heavy atom. The number of hydrogen-bond donors (Lipinski definition) is 2. The largest absolute Gasteiger partial charge is 0.350 e. The third kappa shape index (κ3) is 4.71. The van der Waals surface area contributed by atoms with Gasteiger partial charge in [0.05, 0.1) is 0 Å². The molecule has 0 aliphatic carbocycles. The highest BCUT2D eigenvalue weighted by atomic mass is 35.7. The summed E-state index contributed by atoms with van der Waals surface area (Å²) in [7, 11) is 0.779. The molecule has 8 nitrogen and oxygen atoms in total. The van der Waals surface area contributed by atoms with Gasteiger partial charge in [0.15, 0.2) is 4.90 Å². The highest BCUT2D eigenvalue weighted by molar-refractivity contribution is 8.13. The maximum Gasteiger partial charge on any atom is 0.328 e. The van der Waals surface area contributed by atoms with E-state index in [1.54, 1.807) is 18.8 Å². The summed E-state index contributed by atoms with van der Waals surface area (Å²) >= 11 is 0. The van der Waals surface area contributed by atoms with Gasteiger partial charge in [-0.05, 0) is 20.3 Å². The van der Waals surface area contributed by atoms with Crippen molar-refractivity contribution in [2.45, 2.75) is 44.2 Å². The summed E-state index contributed by atoms with van der Waals surface area (Å²) in [6.45, 7) is 5.05. The molecular formula is C11H16ClN3O5S. The number of carbonyl (C=O) groups is 1. The maximum absolute atomic E-state index is 11.8. The first-order valence-electron chi connectivity index (χ1n) is 6.06. The maximum atomic E-state index is 11.8. The van der Waals surface area contributed by atoms with E-state index < -0.39 is 43.2 Å². The fraction of sp³-hybridized carbons (Fsp3) is 0.545. The monoisotopic (exact) mass is 337 g/mol. The van der Waals surface area contributed by atoms with Crippen LogP contribution in [0.1, 0.15) is 27.2 Å². The van der Waals surface area contributed by atoms with Crippen LogP contribution in [0.2, 0.25) is 0 Å². The van der Waals surface area contributed by atoms with Crippen LogP contribution in [0.25, 0.3) is 0 Å². The van der Waals surface area contributed by atoms with Gasteiger partial charge < -0.3 is 5.32 Å². The third-order valence-corrected chi connectivity index (χ3v) is 4.23. The van der Waals surface area contributed by atoms with E-state index in [0.29, 0.717) is 6.42 Å². The van der Waals surface area contributed by atoms with E-state index >= 15 is 0 Å². The molecule has 0 radical (unpaired) electrons. The summed E-state index contributed by atoms with van der Waals surface area (Å²) in [6.07, 6.45) is 1.42. The predicted octanol–water partition coefficient (Wildman–Crippen LogP) is -0.231. The molecule has 1 heterocycles. The molecule has 0 aromatic carbocycles. The number of rotatable bonds is 5. The van der Waals surface area contributed by atoms with Crippen LogP contribution in [-0.2, 0) is 20.4 Å². The van der Waals surface area contributed by atoms with Crippen molar-refractivity contribution in [2.24, 2.45) is 0 Å². The molecule has 0 fully saturated rings. The molecule has 0 saturated heterocycles. The predicted molar refractivity (Wildman–Crippen MR) is 76.9 cm³/mol. The summed E-state index contributed by atoms with van der Waals surface area (Å²) in [5.41, 5.74) is -2.49. The van der Waals surface area contributed by atoms with Gasteiger partial charge in [-0.2, -0.15) is 0 Å². The first-order chi connectivity index (χ1) is 9.46. The Hall–Kier alpha value is -1.61. The van der Waals surface area contributed by atoms with Gasteiger partial charge in [0.2, 0.25) is 5.91 Å². The van der Waals surface area contributed by atoms with Crippen molar-refractivity contribution in [3.05, 3.63) is 27.0 Å². The van der Waals surface area contributed by atoms with Gasteiger partial charge in [0.1, 0.15) is 6.54 Å². The molecule has 21 heavy (non-hydrogen) atoms. The minimum atomic E-state index is -4.31. The minimum absolute atomic E-state index is 0.432. The van der Waals surface area contributed by atoms with E-state index in [0.717, 1.165) is 10.8 Å². The second kappa shape index (κ2) is 6.02. The summed E-state index contributed by atoms with van der Waals surface area (Å²) in [6, 6.07) is 0. The number of hydrogen-bond acceptors (Lipinski definition) is 5. The lowest BCUT2D eigenvalue weighted by molar-refractivity contribution is -0.123. The molecule has 0 saturated carbocycles. The van der Waals surface area contributed by atoms with Gasteiger partial charge in [0, 0.05) is 22.4 Å². The summed E-state index contributed by atoms with van der Waals surface area (Å²) in [5, 5.41) is 2.68.